The van der Waals surface area contributed by atoms with E-state index in [2.05, 4.69) is 0 Å². The first-order valence-corrected chi connectivity index (χ1v) is 9.79. The average Bonchev–Trinajstić information content (AvgIpc) is 2.87. The normalized spacial score (nSPS) is 13.9. The van der Waals surface area contributed by atoms with Gasteiger partial charge in [0.1, 0.15) is 0 Å². The molecule has 1 N–H and O–H groups in total. The lowest BCUT2D eigenvalue weighted by Crippen LogP contribution is -2.26. The van der Waals surface area contributed by atoms with E-state index in [1.54, 1.807) is 19.1 Å². The Morgan fingerprint density at radius 2 is 1.58 bits per heavy atom. The zero-order chi connectivity index (χ0) is 17.2. The summed E-state index contributed by atoms with van der Waals surface area (Å²) in [5, 5.41) is 12.6. The molecule has 0 bridgehead atoms. The Morgan fingerprint density at radius 3 is 2.12 bits per heavy atom. The smallest absolute Gasteiger partial charge is 0.156 e. The fourth-order valence-electron chi connectivity index (χ4n) is 3.07. The van der Waals surface area contributed by atoms with Crippen LogP contribution in [0.4, 0.5) is 0 Å². The third kappa shape index (κ3) is 3.37. The Bertz CT molecular complexity index is 933. The number of sulfone groups is 1. The van der Waals surface area contributed by atoms with E-state index in [-0.39, 0.29) is 18.1 Å². The fraction of sp³-hybridized carbons (Fsp3) is 0.263. The van der Waals surface area contributed by atoms with Crippen LogP contribution >= 0.6 is 0 Å². The molecule has 0 amide bonds. The first-order chi connectivity index (χ1) is 11.5. The van der Waals surface area contributed by atoms with Crippen LogP contribution in [0.1, 0.15) is 6.92 Å². The molecule has 1 heterocycles. The Morgan fingerprint density at radius 1 is 1.04 bits per heavy atom. The van der Waals surface area contributed by atoms with E-state index >= 15 is 0 Å². The summed E-state index contributed by atoms with van der Waals surface area (Å²) in [5.74, 6) is -0.272. The average molecular weight is 343 g/mol. The lowest BCUT2D eigenvalue weighted by atomic mass is 10.2. The van der Waals surface area contributed by atoms with Crippen molar-refractivity contribution in [2.75, 3.05) is 11.5 Å². The Hall–Kier alpha value is -2.11. The van der Waals surface area contributed by atoms with Gasteiger partial charge in [-0.05, 0) is 19.1 Å². The number of aliphatic hydroxyl groups excluding tert-OH is 1. The molecule has 0 aliphatic heterocycles. The lowest BCUT2D eigenvalue weighted by Gasteiger charge is -2.14. The highest BCUT2D eigenvalue weighted by molar-refractivity contribution is 7.91. The summed E-state index contributed by atoms with van der Waals surface area (Å²) in [6, 6.07) is 16.0. The summed E-state index contributed by atoms with van der Waals surface area (Å²) in [6.07, 6.45) is 2.36. The molecule has 0 spiro atoms. The van der Waals surface area contributed by atoms with Crippen molar-refractivity contribution in [2.45, 2.75) is 19.6 Å². The summed E-state index contributed by atoms with van der Waals surface area (Å²) >= 11 is 0. The van der Waals surface area contributed by atoms with E-state index in [4.69, 9.17) is 0 Å². The fourth-order valence-corrected chi connectivity index (χ4v) is 4.38. The standard InChI is InChI=1S/C19H21NO3S/c1-2-3-12-24(22,23)14-15(21)13-20-18-10-6-4-8-16(18)17-9-5-7-11-19(17)20/h2-11,15,21H,12-14H2,1H3/b3-2+. The van der Waals surface area contributed by atoms with Crippen LogP contribution in [0.15, 0.2) is 60.7 Å². The molecule has 0 saturated carbocycles. The molecule has 0 saturated heterocycles. The molecular weight excluding hydrogens is 322 g/mol. The van der Waals surface area contributed by atoms with Gasteiger partial charge in [0.05, 0.1) is 24.2 Å². The molecule has 4 nitrogen and oxygen atoms in total. The highest BCUT2D eigenvalue weighted by atomic mass is 32.2. The van der Waals surface area contributed by atoms with Gasteiger partial charge in [-0.15, -0.1) is 0 Å². The first kappa shape index (κ1) is 16.7. The molecule has 1 aromatic heterocycles. The molecule has 126 valence electrons. The zero-order valence-corrected chi connectivity index (χ0v) is 14.4. The molecule has 0 fully saturated rings. The molecule has 24 heavy (non-hydrogen) atoms. The van der Waals surface area contributed by atoms with E-state index in [0.29, 0.717) is 0 Å². The van der Waals surface area contributed by atoms with E-state index in [1.807, 2.05) is 53.1 Å². The van der Waals surface area contributed by atoms with Crippen LogP contribution < -0.4 is 0 Å². The number of allylic oxidation sites excluding steroid dienone is 1. The molecule has 3 rings (SSSR count). The predicted molar refractivity (Wildman–Crippen MR) is 98.9 cm³/mol. The van der Waals surface area contributed by atoms with Crippen molar-refractivity contribution in [2.24, 2.45) is 0 Å². The number of aliphatic hydroxyl groups is 1. The molecule has 1 atom stereocenters. The second-order valence-corrected chi connectivity index (χ2v) is 8.10. The molecule has 0 aliphatic carbocycles. The van der Waals surface area contributed by atoms with Gasteiger partial charge in [0.25, 0.3) is 0 Å². The number of para-hydroxylation sites is 2. The monoisotopic (exact) mass is 343 g/mol. The minimum Gasteiger partial charge on any atom is -0.390 e. The number of benzene rings is 2. The van der Waals surface area contributed by atoms with E-state index in [0.717, 1.165) is 21.8 Å². The minimum atomic E-state index is -3.30. The first-order valence-electron chi connectivity index (χ1n) is 7.97. The third-order valence-corrected chi connectivity index (χ3v) is 5.70. The van der Waals surface area contributed by atoms with Crippen LogP contribution in [-0.4, -0.2) is 35.7 Å². The van der Waals surface area contributed by atoms with Crippen molar-refractivity contribution in [1.82, 2.24) is 4.57 Å². The second-order valence-electron chi connectivity index (χ2n) is 5.94. The van der Waals surface area contributed by atoms with Crippen molar-refractivity contribution in [1.29, 1.82) is 0 Å². The number of aromatic nitrogens is 1. The maximum Gasteiger partial charge on any atom is 0.156 e. The summed E-state index contributed by atoms with van der Waals surface area (Å²) in [6.45, 7) is 2.03. The van der Waals surface area contributed by atoms with E-state index < -0.39 is 15.9 Å². The van der Waals surface area contributed by atoms with Crippen LogP contribution in [0.25, 0.3) is 21.8 Å². The lowest BCUT2D eigenvalue weighted by molar-refractivity contribution is 0.179. The summed E-state index contributed by atoms with van der Waals surface area (Å²) in [7, 11) is -3.30. The van der Waals surface area contributed by atoms with Crippen molar-refractivity contribution < 1.29 is 13.5 Å². The quantitative estimate of drug-likeness (QED) is 0.700. The highest BCUT2D eigenvalue weighted by Gasteiger charge is 2.19. The molecule has 3 aromatic rings. The van der Waals surface area contributed by atoms with Crippen LogP contribution in [0.3, 0.4) is 0 Å². The Balaban J connectivity index is 1.94. The van der Waals surface area contributed by atoms with Gasteiger partial charge in [0, 0.05) is 21.8 Å². The van der Waals surface area contributed by atoms with Crippen LogP contribution in [-0.2, 0) is 16.4 Å². The maximum atomic E-state index is 12.0. The molecular formula is C19H21NO3S. The number of hydrogen-bond donors (Lipinski definition) is 1. The van der Waals surface area contributed by atoms with Gasteiger partial charge in [0.2, 0.25) is 0 Å². The topological polar surface area (TPSA) is 59.3 Å². The minimum absolute atomic E-state index is 0.0340. The molecule has 1 unspecified atom stereocenters. The van der Waals surface area contributed by atoms with E-state index in [1.165, 1.54) is 0 Å². The van der Waals surface area contributed by atoms with Crippen LogP contribution in [0, 0.1) is 0 Å². The zero-order valence-electron chi connectivity index (χ0n) is 13.6. The van der Waals surface area contributed by atoms with Gasteiger partial charge in [-0.2, -0.15) is 0 Å². The van der Waals surface area contributed by atoms with Crippen LogP contribution in [0.2, 0.25) is 0 Å². The second kappa shape index (κ2) is 6.79. The number of nitrogens with zero attached hydrogens (tertiary/aromatic N) is 1. The van der Waals surface area contributed by atoms with Gasteiger partial charge in [0.15, 0.2) is 9.84 Å². The van der Waals surface area contributed by atoms with Gasteiger partial charge in [-0.25, -0.2) is 8.42 Å². The Kier molecular flexibility index (Phi) is 4.73. The van der Waals surface area contributed by atoms with Gasteiger partial charge < -0.3 is 9.67 Å². The van der Waals surface area contributed by atoms with Gasteiger partial charge in [-0.3, -0.25) is 0 Å². The SMILES string of the molecule is C/C=C/CS(=O)(=O)CC(O)Cn1c2ccccc2c2ccccc21. The largest absolute Gasteiger partial charge is 0.390 e. The molecule has 5 heteroatoms. The molecule has 2 aromatic carbocycles. The number of hydrogen-bond acceptors (Lipinski definition) is 3. The van der Waals surface area contributed by atoms with Crippen molar-refractivity contribution >= 4 is 31.6 Å². The highest BCUT2D eigenvalue weighted by Crippen LogP contribution is 2.28. The Labute approximate surface area is 141 Å². The third-order valence-electron chi connectivity index (χ3n) is 4.11. The number of fused-ring (bicyclic) bond motifs is 3. The van der Waals surface area contributed by atoms with Gasteiger partial charge in [-0.1, -0.05) is 48.6 Å². The van der Waals surface area contributed by atoms with Crippen molar-refractivity contribution in [3.63, 3.8) is 0 Å². The van der Waals surface area contributed by atoms with E-state index in [9.17, 15) is 13.5 Å². The van der Waals surface area contributed by atoms with Gasteiger partial charge >= 0.3 is 0 Å². The summed E-state index contributed by atoms with van der Waals surface area (Å²) in [4.78, 5) is 0. The van der Waals surface area contributed by atoms with Crippen LogP contribution in [0.5, 0.6) is 0 Å². The molecule has 0 aliphatic rings. The predicted octanol–water partition coefficient (Wildman–Crippen LogP) is 3.15. The van der Waals surface area contributed by atoms with Crippen molar-refractivity contribution in [3.8, 4) is 0 Å². The molecule has 0 radical (unpaired) electrons. The number of rotatable bonds is 6. The summed E-state index contributed by atoms with van der Waals surface area (Å²) in [5.41, 5.74) is 2.01. The summed E-state index contributed by atoms with van der Waals surface area (Å²) < 4.78 is 26.1. The van der Waals surface area contributed by atoms with Crippen molar-refractivity contribution in [3.05, 3.63) is 60.7 Å². The maximum absolute atomic E-state index is 12.0.